The zero-order chi connectivity index (χ0) is 22.9. The highest BCUT2D eigenvalue weighted by Crippen LogP contribution is 2.44. The Hall–Kier alpha value is -3.92. The Balaban J connectivity index is 1.38. The summed E-state index contributed by atoms with van der Waals surface area (Å²) in [5.41, 5.74) is 4.39. The van der Waals surface area contributed by atoms with E-state index in [1.165, 1.54) is 0 Å². The quantitative estimate of drug-likeness (QED) is 0.316. The maximum absolute atomic E-state index is 12.0. The van der Waals surface area contributed by atoms with Crippen molar-refractivity contribution in [1.82, 2.24) is 16.0 Å². The molecule has 0 saturated carbocycles. The number of carboxylic acids is 1. The average Bonchev–Trinajstić information content (AvgIpc) is 3.11. The minimum Gasteiger partial charge on any atom is -0.480 e. The van der Waals surface area contributed by atoms with Crippen LogP contribution in [0.15, 0.2) is 48.5 Å². The molecule has 168 valence electrons. The fraction of sp³-hybridized carbons (Fsp3) is 0.273. The standard InChI is InChI=1S/C22H23N3O7/c26-19(23-9-20(27)25-13-31-12-21(28)29)10-24-22(30)32-11-18-16-7-3-1-5-14(16)15-6-2-4-8-17(15)18/h1-8,18H,9-13H2,(H,23,26)(H,24,30)(H,25,27)(H,28,29). The normalized spacial score (nSPS) is 11.8. The van der Waals surface area contributed by atoms with Crippen LogP contribution in [0.2, 0.25) is 0 Å². The fourth-order valence-corrected chi connectivity index (χ4v) is 3.38. The summed E-state index contributed by atoms with van der Waals surface area (Å²) in [5, 5.41) is 15.3. The van der Waals surface area contributed by atoms with Crippen LogP contribution in [0.4, 0.5) is 4.79 Å². The second kappa shape index (κ2) is 10.9. The molecular weight excluding hydrogens is 418 g/mol. The number of alkyl carbamates (subject to hydrolysis) is 1. The van der Waals surface area contributed by atoms with E-state index in [9.17, 15) is 19.2 Å². The van der Waals surface area contributed by atoms with Crippen molar-refractivity contribution >= 4 is 23.9 Å². The zero-order valence-corrected chi connectivity index (χ0v) is 17.1. The molecule has 10 nitrogen and oxygen atoms in total. The summed E-state index contributed by atoms with van der Waals surface area (Å²) < 4.78 is 9.97. The molecule has 4 N–H and O–H groups in total. The van der Waals surface area contributed by atoms with Crippen molar-refractivity contribution < 1.29 is 33.8 Å². The number of hydrogen-bond acceptors (Lipinski definition) is 6. The maximum atomic E-state index is 12.0. The van der Waals surface area contributed by atoms with E-state index < -0.39 is 30.5 Å². The molecule has 1 aliphatic rings. The van der Waals surface area contributed by atoms with E-state index in [4.69, 9.17) is 9.84 Å². The predicted molar refractivity (Wildman–Crippen MR) is 113 cm³/mol. The molecule has 0 aromatic heterocycles. The smallest absolute Gasteiger partial charge is 0.407 e. The number of hydrogen-bond donors (Lipinski definition) is 4. The van der Waals surface area contributed by atoms with Crippen LogP contribution in [-0.2, 0) is 23.9 Å². The highest BCUT2D eigenvalue weighted by Gasteiger charge is 2.29. The number of benzene rings is 2. The molecule has 0 saturated heterocycles. The molecule has 0 fully saturated rings. The number of fused-ring (bicyclic) bond motifs is 3. The number of carbonyl (C=O) groups is 4. The van der Waals surface area contributed by atoms with Gasteiger partial charge in [0, 0.05) is 5.92 Å². The first kappa shape index (κ1) is 22.8. The van der Waals surface area contributed by atoms with Crippen molar-refractivity contribution in [3.05, 3.63) is 59.7 Å². The number of rotatable bonds is 10. The van der Waals surface area contributed by atoms with E-state index in [1.54, 1.807) is 0 Å². The monoisotopic (exact) mass is 441 g/mol. The SMILES string of the molecule is O=C(O)COCNC(=O)CNC(=O)CNC(=O)OCC1c2ccccc2-c2ccccc21. The third kappa shape index (κ3) is 6.05. The fourth-order valence-electron chi connectivity index (χ4n) is 3.38. The molecule has 10 heteroatoms. The summed E-state index contributed by atoms with van der Waals surface area (Å²) in [6.07, 6.45) is -0.742. The lowest BCUT2D eigenvalue weighted by Crippen LogP contribution is -2.42. The Morgan fingerprint density at radius 1 is 0.812 bits per heavy atom. The minimum atomic E-state index is -1.16. The number of carbonyl (C=O) groups excluding carboxylic acids is 3. The Morgan fingerprint density at radius 2 is 1.38 bits per heavy atom. The van der Waals surface area contributed by atoms with E-state index in [1.807, 2.05) is 48.5 Å². The molecule has 1 aliphatic carbocycles. The van der Waals surface area contributed by atoms with Gasteiger partial charge in [0.2, 0.25) is 11.8 Å². The number of nitrogens with one attached hydrogen (secondary N) is 3. The summed E-state index contributed by atoms with van der Waals surface area (Å²) in [4.78, 5) is 45.6. The molecule has 32 heavy (non-hydrogen) atoms. The molecule has 0 bridgehead atoms. The van der Waals surface area contributed by atoms with Crippen LogP contribution < -0.4 is 16.0 Å². The lowest BCUT2D eigenvalue weighted by atomic mass is 9.98. The number of aliphatic carboxylic acids is 1. The Bertz CT molecular complexity index is 963. The molecule has 0 atom stereocenters. The molecule has 0 radical (unpaired) electrons. The van der Waals surface area contributed by atoms with Gasteiger partial charge in [0.1, 0.15) is 26.5 Å². The molecule has 3 amide bonds. The molecular formula is C22H23N3O7. The van der Waals surface area contributed by atoms with E-state index in [0.717, 1.165) is 22.3 Å². The number of carboxylic acid groups (broad SMARTS) is 1. The van der Waals surface area contributed by atoms with Gasteiger partial charge in [-0.25, -0.2) is 9.59 Å². The molecule has 3 rings (SSSR count). The highest BCUT2D eigenvalue weighted by molar-refractivity contribution is 5.87. The third-order valence-corrected chi connectivity index (χ3v) is 4.78. The van der Waals surface area contributed by atoms with Crippen molar-refractivity contribution in [3.8, 4) is 11.1 Å². The van der Waals surface area contributed by atoms with E-state index >= 15 is 0 Å². The second-order valence-corrected chi connectivity index (χ2v) is 6.94. The Labute approximate surface area is 183 Å². The second-order valence-electron chi connectivity index (χ2n) is 6.94. The lowest BCUT2D eigenvalue weighted by molar-refractivity contribution is -0.143. The van der Waals surface area contributed by atoms with Gasteiger partial charge in [-0.05, 0) is 22.3 Å². The minimum absolute atomic E-state index is 0.0889. The molecule has 0 heterocycles. The van der Waals surface area contributed by atoms with Crippen LogP contribution >= 0.6 is 0 Å². The van der Waals surface area contributed by atoms with Crippen molar-refractivity contribution in [3.63, 3.8) is 0 Å². The Kier molecular flexibility index (Phi) is 7.76. The summed E-state index contributed by atoms with van der Waals surface area (Å²) in [7, 11) is 0. The van der Waals surface area contributed by atoms with Crippen molar-refractivity contribution in [2.45, 2.75) is 5.92 Å². The van der Waals surface area contributed by atoms with Crippen molar-refractivity contribution in [2.24, 2.45) is 0 Å². The summed E-state index contributed by atoms with van der Waals surface area (Å²) in [6.45, 7) is -1.42. The molecule has 0 unspecified atom stereocenters. The van der Waals surface area contributed by atoms with E-state index in [0.29, 0.717) is 0 Å². The third-order valence-electron chi connectivity index (χ3n) is 4.78. The lowest BCUT2D eigenvalue weighted by Gasteiger charge is -2.14. The van der Waals surface area contributed by atoms with Crippen LogP contribution in [-0.4, -0.2) is 62.0 Å². The molecule has 2 aromatic carbocycles. The molecule has 0 spiro atoms. The molecule has 2 aromatic rings. The van der Waals surface area contributed by atoms with E-state index in [2.05, 4.69) is 20.7 Å². The highest BCUT2D eigenvalue weighted by atomic mass is 16.5. The summed E-state index contributed by atoms with van der Waals surface area (Å²) >= 11 is 0. The van der Waals surface area contributed by atoms with Crippen LogP contribution in [0, 0.1) is 0 Å². The van der Waals surface area contributed by atoms with Gasteiger partial charge in [0.15, 0.2) is 0 Å². The van der Waals surface area contributed by atoms with Gasteiger partial charge in [-0.3, -0.25) is 9.59 Å². The van der Waals surface area contributed by atoms with Gasteiger partial charge in [-0.15, -0.1) is 0 Å². The van der Waals surface area contributed by atoms with Crippen molar-refractivity contribution in [2.75, 3.05) is 33.0 Å². The van der Waals surface area contributed by atoms with Gasteiger partial charge < -0.3 is 30.5 Å². The van der Waals surface area contributed by atoms with Gasteiger partial charge >= 0.3 is 12.1 Å². The van der Waals surface area contributed by atoms with Gasteiger partial charge in [-0.1, -0.05) is 48.5 Å². The first-order valence-corrected chi connectivity index (χ1v) is 9.87. The predicted octanol–water partition coefficient (Wildman–Crippen LogP) is 0.816. The van der Waals surface area contributed by atoms with Crippen LogP contribution in [0.5, 0.6) is 0 Å². The molecule has 0 aliphatic heterocycles. The zero-order valence-electron chi connectivity index (χ0n) is 17.1. The van der Waals surface area contributed by atoms with Crippen LogP contribution in [0.3, 0.4) is 0 Å². The maximum Gasteiger partial charge on any atom is 0.407 e. The van der Waals surface area contributed by atoms with Crippen LogP contribution in [0.1, 0.15) is 17.0 Å². The van der Waals surface area contributed by atoms with Crippen LogP contribution in [0.25, 0.3) is 11.1 Å². The topological polar surface area (TPSA) is 143 Å². The first-order chi connectivity index (χ1) is 15.5. The number of amides is 3. The van der Waals surface area contributed by atoms with Gasteiger partial charge in [-0.2, -0.15) is 0 Å². The number of ether oxygens (including phenoxy) is 2. The largest absolute Gasteiger partial charge is 0.480 e. The summed E-state index contributed by atoms with van der Waals surface area (Å²) in [5.74, 6) is -2.40. The van der Waals surface area contributed by atoms with Gasteiger partial charge in [0.25, 0.3) is 0 Å². The Morgan fingerprint density at radius 3 is 2.00 bits per heavy atom. The van der Waals surface area contributed by atoms with E-state index in [-0.39, 0.29) is 32.3 Å². The first-order valence-electron chi connectivity index (χ1n) is 9.87. The van der Waals surface area contributed by atoms with Crippen molar-refractivity contribution in [1.29, 1.82) is 0 Å². The average molecular weight is 441 g/mol. The van der Waals surface area contributed by atoms with Gasteiger partial charge in [0.05, 0.1) is 6.54 Å². The summed E-state index contributed by atoms with van der Waals surface area (Å²) in [6, 6.07) is 15.9.